The number of hydrogen-bond donors (Lipinski definition) is 0. The zero-order chi connectivity index (χ0) is 29.0. The number of hydrogen-bond acceptors (Lipinski definition) is 3. The van der Waals surface area contributed by atoms with Gasteiger partial charge in [-0.1, -0.05) is 155 Å². The quantitative estimate of drug-likeness (QED) is 0.0926. The molecule has 0 radical (unpaired) electrons. The normalized spacial score (nSPS) is 14.2. The molecule has 4 heteroatoms. The van der Waals surface area contributed by atoms with Crippen molar-refractivity contribution in [1.29, 1.82) is 0 Å². The zero-order valence-electron chi connectivity index (χ0n) is 27.4. The van der Waals surface area contributed by atoms with Crippen molar-refractivity contribution in [3.63, 3.8) is 0 Å². The van der Waals surface area contributed by atoms with Crippen molar-refractivity contribution < 1.29 is 13.9 Å². The molecular weight excluding hydrogens is 496 g/mol. The van der Waals surface area contributed by atoms with Crippen LogP contribution in [0.3, 0.4) is 0 Å². The fraction of sp³-hybridized carbons (Fsp3) is 0.829. The molecule has 1 aromatic rings. The Kier molecular flexibility index (Phi) is 19.6. The van der Waals surface area contributed by atoms with Gasteiger partial charge in [0.05, 0.1) is 19.3 Å². The highest BCUT2D eigenvalue weighted by Gasteiger charge is 2.42. The van der Waals surface area contributed by atoms with E-state index in [2.05, 4.69) is 85.0 Å². The Morgan fingerprint density at radius 3 is 1.67 bits per heavy atom. The highest BCUT2D eigenvalue weighted by molar-refractivity contribution is 6.74. The van der Waals surface area contributed by atoms with Gasteiger partial charge in [0.1, 0.15) is 6.10 Å². The summed E-state index contributed by atoms with van der Waals surface area (Å²) in [6.07, 6.45) is 19.3. The van der Waals surface area contributed by atoms with E-state index in [4.69, 9.17) is 13.9 Å². The van der Waals surface area contributed by atoms with Crippen molar-refractivity contribution in [3.05, 3.63) is 35.9 Å². The van der Waals surface area contributed by atoms with Crippen LogP contribution in [0.25, 0.3) is 0 Å². The van der Waals surface area contributed by atoms with E-state index < -0.39 is 8.32 Å². The predicted octanol–water partition coefficient (Wildman–Crippen LogP) is 11.1. The van der Waals surface area contributed by atoms with Crippen LogP contribution in [0.5, 0.6) is 0 Å². The summed E-state index contributed by atoms with van der Waals surface area (Å²) < 4.78 is 19.7. The molecule has 2 unspecified atom stereocenters. The van der Waals surface area contributed by atoms with Gasteiger partial charge in [-0.05, 0) is 36.0 Å². The SMILES string of the molecule is CCCCCCCCCCCCCCCCOCC(OCc1ccccc1)C(O[Si](C)(C)C(C)(C)C)C(C)C. The lowest BCUT2D eigenvalue weighted by molar-refractivity contribution is -0.0945. The van der Waals surface area contributed by atoms with Gasteiger partial charge in [-0.15, -0.1) is 0 Å². The van der Waals surface area contributed by atoms with Crippen molar-refractivity contribution in [2.75, 3.05) is 13.2 Å². The fourth-order valence-corrected chi connectivity index (χ4v) is 6.23. The Morgan fingerprint density at radius 2 is 1.21 bits per heavy atom. The lowest BCUT2D eigenvalue weighted by Gasteiger charge is -2.42. The number of benzene rings is 1. The molecule has 0 amide bonds. The fourth-order valence-electron chi connectivity index (χ4n) is 4.77. The van der Waals surface area contributed by atoms with Gasteiger partial charge in [0.25, 0.3) is 0 Å². The molecule has 39 heavy (non-hydrogen) atoms. The van der Waals surface area contributed by atoms with Gasteiger partial charge in [-0.2, -0.15) is 0 Å². The maximum atomic E-state index is 6.93. The zero-order valence-corrected chi connectivity index (χ0v) is 28.4. The smallest absolute Gasteiger partial charge is 0.192 e. The first-order valence-electron chi connectivity index (χ1n) is 16.5. The molecule has 0 heterocycles. The summed E-state index contributed by atoms with van der Waals surface area (Å²) in [5, 5.41) is 0.166. The third-order valence-electron chi connectivity index (χ3n) is 8.49. The van der Waals surface area contributed by atoms with E-state index >= 15 is 0 Å². The van der Waals surface area contributed by atoms with Crippen LogP contribution >= 0.6 is 0 Å². The summed E-state index contributed by atoms with van der Waals surface area (Å²) in [6, 6.07) is 10.5. The molecule has 0 aliphatic rings. The average molecular weight is 563 g/mol. The Balaban J connectivity index is 2.36. The first kappa shape index (κ1) is 36.3. The molecule has 228 valence electrons. The van der Waals surface area contributed by atoms with Crippen LogP contribution in [-0.4, -0.2) is 33.7 Å². The van der Waals surface area contributed by atoms with Crippen molar-refractivity contribution in [3.8, 4) is 0 Å². The third kappa shape index (κ3) is 17.0. The van der Waals surface area contributed by atoms with E-state index in [-0.39, 0.29) is 17.2 Å². The molecule has 0 N–H and O–H groups in total. The largest absolute Gasteiger partial charge is 0.411 e. The molecule has 0 aliphatic heterocycles. The summed E-state index contributed by atoms with van der Waals surface area (Å²) in [4.78, 5) is 0. The summed E-state index contributed by atoms with van der Waals surface area (Å²) in [7, 11) is -1.93. The lowest BCUT2D eigenvalue weighted by Crippen LogP contribution is -2.50. The lowest BCUT2D eigenvalue weighted by atomic mass is 10.0. The van der Waals surface area contributed by atoms with Gasteiger partial charge in [0.2, 0.25) is 0 Å². The van der Waals surface area contributed by atoms with Crippen LogP contribution < -0.4 is 0 Å². The van der Waals surface area contributed by atoms with E-state index in [1.165, 1.54) is 89.0 Å². The molecule has 0 aromatic heterocycles. The van der Waals surface area contributed by atoms with Gasteiger partial charge >= 0.3 is 0 Å². The van der Waals surface area contributed by atoms with Gasteiger partial charge in [0, 0.05) is 6.61 Å². The monoisotopic (exact) mass is 562 g/mol. The van der Waals surface area contributed by atoms with E-state index in [1.807, 2.05) is 0 Å². The second kappa shape index (κ2) is 21.1. The standard InChI is InChI=1S/C35H66O3Si/c1-9-10-11-12-13-14-15-16-17-18-19-20-21-25-28-36-30-33(37-29-32-26-23-22-24-27-32)34(31(2)3)38-39(7,8)35(4,5)6/h22-24,26-27,31,33-34H,9-21,25,28-30H2,1-8H3. The minimum atomic E-state index is -1.93. The van der Waals surface area contributed by atoms with Crippen molar-refractivity contribution in [2.45, 2.75) is 168 Å². The van der Waals surface area contributed by atoms with Crippen molar-refractivity contribution in [2.24, 2.45) is 5.92 Å². The second-order valence-electron chi connectivity index (χ2n) is 13.6. The minimum absolute atomic E-state index is 0.0333. The van der Waals surface area contributed by atoms with E-state index in [0.717, 1.165) is 13.0 Å². The maximum Gasteiger partial charge on any atom is 0.192 e. The Bertz CT molecular complexity index is 683. The predicted molar refractivity (Wildman–Crippen MR) is 173 cm³/mol. The van der Waals surface area contributed by atoms with Gasteiger partial charge in [0.15, 0.2) is 8.32 Å². The second-order valence-corrected chi connectivity index (χ2v) is 18.3. The average Bonchev–Trinajstić information content (AvgIpc) is 2.88. The number of unbranched alkanes of at least 4 members (excludes halogenated alkanes) is 13. The molecular formula is C35H66O3Si. The molecule has 1 rings (SSSR count). The molecule has 0 fully saturated rings. The summed E-state index contributed by atoms with van der Waals surface area (Å²) in [5.41, 5.74) is 1.20. The molecule has 0 saturated carbocycles. The van der Waals surface area contributed by atoms with Gasteiger partial charge < -0.3 is 13.9 Å². The first-order chi connectivity index (χ1) is 18.6. The molecule has 0 spiro atoms. The van der Waals surface area contributed by atoms with E-state index in [0.29, 0.717) is 19.1 Å². The maximum absolute atomic E-state index is 6.93. The highest BCUT2D eigenvalue weighted by atomic mass is 28.4. The number of rotatable bonds is 24. The van der Waals surface area contributed by atoms with Crippen LogP contribution in [0, 0.1) is 5.92 Å². The van der Waals surface area contributed by atoms with Crippen LogP contribution in [0.4, 0.5) is 0 Å². The Labute approximate surface area is 245 Å². The molecule has 0 bridgehead atoms. The topological polar surface area (TPSA) is 27.7 Å². The van der Waals surface area contributed by atoms with Crippen LogP contribution in [-0.2, 0) is 20.5 Å². The van der Waals surface area contributed by atoms with Gasteiger partial charge in [-0.3, -0.25) is 0 Å². The van der Waals surface area contributed by atoms with Gasteiger partial charge in [-0.25, -0.2) is 0 Å². The summed E-state index contributed by atoms with van der Waals surface area (Å²) in [5.74, 6) is 0.365. The third-order valence-corrected chi connectivity index (χ3v) is 13.0. The summed E-state index contributed by atoms with van der Waals surface area (Å²) in [6.45, 7) is 20.4. The van der Waals surface area contributed by atoms with Crippen molar-refractivity contribution in [1.82, 2.24) is 0 Å². The molecule has 1 aromatic carbocycles. The minimum Gasteiger partial charge on any atom is -0.411 e. The number of ether oxygens (including phenoxy) is 2. The molecule has 2 atom stereocenters. The molecule has 0 saturated heterocycles. The first-order valence-corrected chi connectivity index (χ1v) is 19.4. The van der Waals surface area contributed by atoms with E-state index in [1.54, 1.807) is 0 Å². The van der Waals surface area contributed by atoms with E-state index in [9.17, 15) is 0 Å². The van der Waals surface area contributed by atoms with Crippen LogP contribution in [0.1, 0.15) is 137 Å². The highest BCUT2D eigenvalue weighted by Crippen LogP contribution is 2.39. The van der Waals surface area contributed by atoms with Crippen LogP contribution in [0.2, 0.25) is 18.1 Å². The van der Waals surface area contributed by atoms with Crippen LogP contribution in [0.15, 0.2) is 30.3 Å². The molecule has 3 nitrogen and oxygen atoms in total. The Morgan fingerprint density at radius 1 is 0.718 bits per heavy atom. The Hall–Kier alpha value is -0.683. The molecule has 0 aliphatic carbocycles. The van der Waals surface area contributed by atoms with Crippen molar-refractivity contribution >= 4 is 8.32 Å². The summed E-state index contributed by atoms with van der Waals surface area (Å²) >= 11 is 0.